The standard InChI is InChI=1S/C22H25N3O4S2/c26-31(27,19-7-2-1-3-8-19)22-21(23-11-5-12-25-13-15-28-16-14-25)29-20(24-22)10-9-18-6-4-17-30-18/h1-4,6-10,17,23H,5,11-16H2. The summed E-state index contributed by atoms with van der Waals surface area (Å²) in [5.74, 6) is 0.426. The molecule has 1 saturated heterocycles. The molecule has 3 heterocycles. The van der Waals surface area contributed by atoms with Gasteiger partial charge in [-0.2, -0.15) is 4.98 Å². The Labute approximate surface area is 186 Å². The molecular formula is C22H25N3O4S2. The Kier molecular flexibility index (Phi) is 7.18. The lowest BCUT2D eigenvalue weighted by Gasteiger charge is -2.26. The topological polar surface area (TPSA) is 84.7 Å². The van der Waals surface area contributed by atoms with Crippen LogP contribution in [0.2, 0.25) is 0 Å². The van der Waals surface area contributed by atoms with Crippen molar-refractivity contribution in [2.75, 3.05) is 44.7 Å². The van der Waals surface area contributed by atoms with E-state index in [4.69, 9.17) is 9.15 Å². The van der Waals surface area contributed by atoms with Crippen molar-refractivity contribution < 1.29 is 17.6 Å². The Morgan fingerprint density at radius 2 is 1.90 bits per heavy atom. The van der Waals surface area contributed by atoms with Crippen molar-refractivity contribution in [3.8, 4) is 0 Å². The van der Waals surface area contributed by atoms with Crippen LogP contribution in [0.15, 0.2) is 62.2 Å². The van der Waals surface area contributed by atoms with Crippen LogP contribution in [0.25, 0.3) is 12.2 Å². The number of ether oxygens (including phenoxy) is 1. The second-order valence-corrected chi connectivity index (χ2v) is 9.93. The van der Waals surface area contributed by atoms with Crippen LogP contribution in [0, 0.1) is 0 Å². The van der Waals surface area contributed by atoms with Crippen LogP contribution >= 0.6 is 11.3 Å². The summed E-state index contributed by atoms with van der Waals surface area (Å²) >= 11 is 1.58. The molecule has 0 spiro atoms. The number of hydrogen-bond acceptors (Lipinski definition) is 8. The second kappa shape index (κ2) is 10.2. The Bertz CT molecular complexity index is 1090. The lowest BCUT2D eigenvalue weighted by atomic mass is 10.3. The van der Waals surface area contributed by atoms with Crippen LogP contribution in [0.1, 0.15) is 17.2 Å². The number of aromatic nitrogens is 1. The van der Waals surface area contributed by atoms with Gasteiger partial charge in [0.2, 0.25) is 26.6 Å². The molecule has 1 aliphatic rings. The smallest absolute Gasteiger partial charge is 0.233 e. The van der Waals surface area contributed by atoms with E-state index in [1.807, 2.05) is 23.6 Å². The molecule has 9 heteroatoms. The molecule has 3 aromatic rings. The average molecular weight is 460 g/mol. The molecule has 0 saturated carbocycles. The maximum absolute atomic E-state index is 13.2. The molecule has 4 rings (SSSR count). The molecular weight excluding hydrogens is 434 g/mol. The first-order chi connectivity index (χ1) is 15.1. The van der Waals surface area contributed by atoms with Gasteiger partial charge in [0.05, 0.1) is 18.1 Å². The zero-order chi connectivity index (χ0) is 21.5. The fourth-order valence-electron chi connectivity index (χ4n) is 3.27. The van der Waals surface area contributed by atoms with Crippen LogP contribution in [0.5, 0.6) is 0 Å². The van der Waals surface area contributed by atoms with Crippen molar-refractivity contribution in [3.05, 3.63) is 58.6 Å². The second-order valence-electron chi connectivity index (χ2n) is 7.09. The monoisotopic (exact) mass is 459 g/mol. The van der Waals surface area contributed by atoms with E-state index in [1.54, 1.807) is 47.7 Å². The summed E-state index contributed by atoms with van der Waals surface area (Å²) in [4.78, 5) is 7.86. The van der Waals surface area contributed by atoms with E-state index in [-0.39, 0.29) is 21.7 Å². The highest BCUT2D eigenvalue weighted by Gasteiger charge is 2.27. The summed E-state index contributed by atoms with van der Waals surface area (Å²) in [6.45, 7) is 4.86. The third-order valence-corrected chi connectivity index (χ3v) is 7.41. The molecule has 2 aromatic heterocycles. The van der Waals surface area contributed by atoms with E-state index in [0.29, 0.717) is 6.54 Å². The molecule has 0 atom stereocenters. The van der Waals surface area contributed by atoms with Gasteiger partial charge in [-0.15, -0.1) is 11.3 Å². The molecule has 1 aliphatic heterocycles. The average Bonchev–Trinajstić information content (AvgIpc) is 3.47. The lowest BCUT2D eigenvalue weighted by molar-refractivity contribution is 0.0378. The molecule has 7 nitrogen and oxygen atoms in total. The van der Waals surface area contributed by atoms with Crippen molar-refractivity contribution >= 4 is 39.2 Å². The zero-order valence-electron chi connectivity index (χ0n) is 17.1. The Morgan fingerprint density at radius 1 is 1.10 bits per heavy atom. The summed E-state index contributed by atoms with van der Waals surface area (Å²) in [5.41, 5.74) is 0. The Balaban J connectivity index is 1.51. The first kappa shape index (κ1) is 21.8. The number of thiophene rings is 1. The van der Waals surface area contributed by atoms with Gasteiger partial charge in [0.25, 0.3) is 0 Å². The van der Waals surface area contributed by atoms with Gasteiger partial charge < -0.3 is 14.5 Å². The van der Waals surface area contributed by atoms with E-state index < -0.39 is 9.84 Å². The first-order valence-corrected chi connectivity index (χ1v) is 12.6. The number of rotatable bonds is 9. The minimum Gasteiger partial charge on any atom is -0.420 e. The van der Waals surface area contributed by atoms with Gasteiger partial charge in [0.15, 0.2) is 0 Å². The fraction of sp³-hybridized carbons (Fsp3) is 0.318. The van der Waals surface area contributed by atoms with E-state index in [9.17, 15) is 8.42 Å². The highest BCUT2D eigenvalue weighted by atomic mass is 32.2. The number of nitrogens with zero attached hydrogens (tertiary/aromatic N) is 2. The van der Waals surface area contributed by atoms with Gasteiger partial charge in [-0.1, -0.05) is 24.3 Å². The molecule has 0 bridgehead atoms. The van der Waals surface area contributed by atoms with Crippen molar-refractivity contribution in [2.45, 2.75) is 16.3 Å². The Morgan fingerprint density at radius 3 is 2.65 bits per heavy atom. The van der Waals surface area contributed by atoms with Gasteiger partial charge in [0.1, 0.15) is 0 Å². The minimum atomic E-state index is -3.80. The molecule has 164 valence electrons. The molecule has 0 amide bonds. The largest absolute Gasteiger partial charge is 0.420 e. The van der Waals surface area contributed by atoms with Crippen molar-refractivity contribution in [1.82, 2.24) is 9.88 Å². The number of hydrogen-bond donors (Lipinski definition) is 1. The maximum Gasteiger partial charge on any atom is 0.233 e. The predicted octanol–water partition coefficient (Wildman–Crippen LogP) is 3.87. The Hall–Kier alpha value is -2.46. The maximum atomic E-state index is 13.2. The fourth-order valence-corrected chi connectivity index (χ4v) is 5.19. The van der Waals surface area contributed by atoms with Gasteiger partial charge in [-0.05, 0) is 42.6 Å². The SMILES string of the molecule is O=S(=O)(c1ccccc1)c1nc(C=Cc2cccs2)oc1NCCCN1CCOCC1. The van der Waals surface area contributed by atoms with Crippen LogP contribution in [0.3, 0.4) is 0 Å². The first-order valence-electron chi connectivity index (χ1n) is 10.2. The number of oxazole rings is 1. The number of sulfone groups is 1. The number of nitrogens with one attached hydrogen (secondary N) is 1. The number of anilines is 1. The third-order valence-electron chi connectivity index (χ3n) is 4.89. The molecule has 0 unspecified atom stereocenters. The summed E-state index contributed by atoms with van der Waals surface area (Å²) in [6, 6.07) is 12.2. The van der Waals surface area contributed by atoms with Gasteiger partial charge in [0, 0.05) is 30.6 Å². The summed E-state index contributed by atoms with van der Waals surface area (Å²) in [5, 5.41) is 5.03. The minimum absolute atomic E-state index is 0.0871. The molecule has 0 radical (unpaired) electrons. The van der Waals surface area contributed by atoms with Crippen molar-refractivity contribution in [2.24, 2.45) is 0 Å². The van der Waals surface area contributed by atoms with Crippen molar-refractivity contribution in [3.63, 3.8) is 0 Å². The summed E-state index contributed by atoms with van der Waals surface area (Å²) < 4.78 is 37.5. The molecule has 1 aromatic carbocycles. The quantitative estimate of drug-likeness (QED) is 0.486. The molecule has 1 fully saturated rings. The van der Waals surface area contributed by atoms with E-state index >= 15 is 0 Å². The van der Waals surface area contributed by atoms with Crippen LogP contribution in [-0.4, -0.2) is 57.7 Å². The summed E-state index contributed by atoms with van der Waals surface area (Å²) in [6.07, 6.45) is 4.40. The van der Waals surface area contributed by atoms with Crippen LogP contribution in [0.4, 0.5) is 5.88 Å². The third kappa shape index (κ3) is 5.62. The number of benzene rings is 1. The van der Waals surface area contributed by atoms with Gasteiger partial charge in [-0.25, -0.2) is 8.42 Å². The van der Waals surface area contributed by atoms with E-state index in [0.717, 1.165) is 44.1 Å². The van der Waals surface area contributed by atoms with Crippen LogP contribution < -0.4 is 5.32 Å². The van der Waals surface area contributed by atoms with Gasteiger partial charge >= 0.3 is 0 Å². The molecule has 1 N–H and O–H groups in total. The number of morpholine rings is 1. The molecule has 31 heavy (non-hydrogen) atoms. The van der Waals surface area contributed by atoms with E-state index in [1.165, 1.54) is 0 Å². The highest BCUT2D eigenvalue weighted by molar-refractivity contribution is 7.91. The normalized spacial score (nSPS) is 15.5. The predicted molar refractivity (Wildman–Crippen MR) is 122 cm³/mol. The zero-order valence-corrected chi connectivity index (χ0v) is 18.7. The summed E-state index contributed by atoms with van der Waals surface area (Å²) in [7, 11) is -3.80. The lowest BCUT2D eigenvalue weighted by Crippen LogP contribution is -2.37. The highest BCUT2D eigenvalue weighted by Crippen LogP contribution is 2.29. The van der Waals surface area contributed by atoms with Gasteiger partial charge in [-0.3, -0.25) is 4.90 Å². The van der Waals surface area contributed by atoms with Crippen LogP contribution in [-0.2, 0) is 14.6 Å². The van der Waals surface area contributed by atoms with E-state index in [2.05, 4.69) is 15.2 Å². The molecule has 0 aliphatic carbocycles. The van der Waals surface area contributed by atoms with Crippen molar-refractivity contribution in [1.29, 1.82) is 0 Å².